The van der Waals surface area contributed by atoms with E-state index >= 15 is 0 Å². The highest BCUT2D eigenvalue weighted by atomic mass is 32.2. The lowest BCUT2D eigenvalue weighted by Gasteiger charge is -2.16. The molecule has 2 aromatic carbocycles. The molecule has 0 unspecified atom stereocenters. The zero-order valence-corrected chi connectivity index (χ0v) is 16.4. The number of hydrogen-bond acceptors (Lipinski definition) is 4. The van der Waals surface area contributed by atoms with Crippen LogP contribution in [0.25, 0.3) is 10.9 Å². The fourth-order valence-electron chi connectivity index (χ4n) is 3.44. The second kappa shape index (κ2) is 7.24. The van der Waals surface area contributed by atoms with E-state index in [4.69, 9.17) is 0 Å². The van der Waals surface area contributed by atoms with E-state index in [1.165, 1.54) is 0 Å². The summed E-state index contributed by atoms with van der Waals surface area (Å²) in [5, 5.41) is 0.786. The van der Waals surface area contributed by atoms with E-state index < -0.39 is 10.0 Å². The second-order valence-electron chi connectivity index (χ2n) is 7.06. The Hall–Kier alpha value is -2.93. The zero-order valence-electron chi connectivity index (χ0n) is 15.6. The van der Waals surface area contributed by atoms with Gasteiger partial charge in [0.25, 0.3) is 10.0 Å². The lowest BCUT2D eigenvalue weighted by atomic mass is 10.2. The molecule has 0 atom stereocenters. The van der Waals surface area contributed by atoms with Crippen LogP contribution in [0.5, 0.6) is 0 Å². The van der Waals surface area contributed by atoms with Gasteiger partial charge in [0.1, 0.15) is 4.90 Å². The minimum absolute atomic E-state index is 0.150. The van der Waals surface area contributed by atoms with E-state index in [0.29, 0.717) is 24.2 Å². The van der Waals surface area contributed by atoms with Crippen LogP contribution < -0.4 is 4.72 Å². The number of para-hydroxylation sites is 1. The van der Waals surface area contributed by atoms with Crippen LogP contribution in [-0.4, -0.2) is 30.8 Å². The van der Waals surface area contributed by atoms with Crippen molar-refractivity contribution >= 4 is 32.5 Å². The molecule has 28 heavy (non-hydrogen) atoms. The number of fused-ring (bicyclic) bond motifs is 1. The van der Waals surface area contributed by atoms with Gasteiger partial charge in [-0.3, -0.25) is 14.5 Å². The smallest absolute Gasteiger partial charge is 0.264 e. The number of hydrogen-bond donors (Lipinski definition) is 1. The number of aryl methyl sites for hydroxylation is 1. The van der Waals surface area contributed by atoms with Crippen molar-refractivity contribution in [2.45, 2.75) is 31.2 Å². The molecule has 0 bridgehead atoms. The molecule has 1 aromatic heterocycles. The molecular weight excluding hydrogens is 374 g/mol. The third-order valence-electron chi connectivity index (χ3n) is 4.85. The van der Waals surface area contributed by atoms with Gasteiger partial charge in [-0.15, -0.1) is 0 Å². The normalized spacial score (nSPS) is 14.6. The van der Waals surface area contributed by atoms with Crippen LogP contribution >= 0.6 is 0 Å². The summed E-state index contributed by atoms with van der Waals surface area (Å²) in [4.78, 5) is 18.0. The Bertz CT molecular complexity index is 1140. The van der Waals surface area contributed by atoms with Crippen molar-refractivity contribution in [1.29, 1.82) is 0 Å². The summed E-state index contributed by atoms with van der Waals surface area (Å²) in [6.07, 6.45) is 3.17. The van der Waals surface area contributed by atoms with Crippen LogP contribution in [-0.2, 0) is 21.4 Å². The number of nitrogens with zero attached hydrogens (tertiary/aromatic N) is 2. The highest BCUT2D eigenvalue weighted by molar-refractivity contribution is 7.93. The Labute approximate surface area is 164 Å². The van der Waals surface area contributed by atoms with E-state index in [0.717, 1.165) is 29.5 Å². The standard InChI is InChI=1S/C21H21N3O3S/c1-15-12-17-4-2-5-19(21(17)22-13-15)28(26,27)23-18-9-7-16(8-10-18)14-24-11-3-6-20(24)25/h2,4-5,7-10,12-13,23H,3,6,11,14H2,1H3. The van der Waals surface area contributed by atoms with Crippen molar-refractivity contribution < 1.29 is 13.2 Å². The van der Waals surface area contributed by atoms with Crippen LogP contribution in [0.2, 0.25) is 0 Å². The molecule has 1 amide bonds. The molecule has 6 nitrogen and oxygen atoms in total. The molecule has 144 valence electrons. The summed E-state index contributed by atoms with van der Waals surface area (Å²) in [5.41, 5.74) is 2.87. The van der Waals surface area contributed by atoms with Gasteiger partial charge in [-0.1, -0.05) is 24.3 Å². The topological polar surface area (TPSA) is 79.4 Å². The largest absolute Gasteiger partial charge is 0.338 e. The van der Waals surface area contributed by atoms with Gasteiger partial charge in [0.2, 0.25) is 5.91 Å². The third-order valence-corrected chi connectivity index (χ3v) is 6.26. The van der Waals surface area contributed by atoms with Crippen LogP contribution in [0.3, 0.4) is 0 Å². The predicted molar refractivity (Wildman–Crippen MR) is 108 cm³/mol. The van der Waals surface area contributed by atoms with E-state index in [2.05, 4.69) is 9.71 Å². The number of aromatic nitrogens is 1. The highest BCUT2D eigenvalue weighted by Crippen LogP contribution is 2.24. The molecule has 0 spiro atoms. The molecule has 3 aromatic rings. The predicted octanol–water partition coefficient (Wildman–Crippen LogP) is 3.47. The summed E-state index contributed by atoms with van der Waals surface area (Å²) < 4.78 is 28.4. The van der Waals surface area contributed by atoms with Gasteiger partial charge in [-0.05, 0) is 48.7 Å². The Morgan fingerprint density at radius 2 is 1.93 bits per heavy atom. The van der Waals surface area contributed by atoms with Crippen molar-refractivity contribution in [2.24, 2.45) is 0 Å². The van der Waals surface area contributed by atoms with Crippen molar-refractivity contribution in [1.82, 2.24) is 9.88 Å². The van der Waals surface area contributed by atoms with E-state index in [1.807, 2.05) is 36.1 Å². The summed E-state index contributed by atoms with van der Waals surface area (Å²) >= 11 is 0. The van der Waals surface area contributed by atoms with Gasteiger partial charge in [0, 0.05) is 36.8 Å². The number of benzene rings is 2. The third kappa shape index (κ3) is 3.71. The first-order valence-corrected chi connectivity index (χ1v) is 10.7. The Balaban J connectivity index is 1.56. The number of anilines is 1. The lowest BCUT2D eigenvalue weighted by Crippen LogP contribution is -2.23. The van der Waals surface area contributed by atoms with Gasteiger partial charge < -0.3 is 4.90 Å². The van der Waals surface area contributed by atoms with Crippen molar-refractivity contribution in [3.8, 4) is 0 Å². The maximum Gasteiger partial charge on any atom is 0.264 e. The number of amides is 1. The lowest BCUT2D eigenvalue weighted by molar-refractivity contribution is -0.128. The van der Waals surface area contributed by atoms with Gasteiger partial charge >= 0.3 is 0 Å². The van der Waals surface area contributed by atoms with Gasteiger partial charge in [-0.25, -0.2) is 8.42 Å². The fourth-order valence-corrected chi connectivity index (χ4v) is 4.68. The molecule has 1 N–H and O–H groups in total. The number of rotatable bonds is 5. The summed E-state index contributed by atoms with van der Waals surface area (Å²) in [7, 11) is -3.77. The molecule has 4 rings (SSSR count). The Morgan fingerprint density at radius 3 is 2.64 bits per heavy atom. The SMILES string of the molecule is Cc1cnc2c(S(=O)(=O)Nc3ccc(CN4CCCC4=O)cc3)cccc2c1. The second-order valence-corrected chi connectivity index (χ2v) is 8.71. The minimum Gasteiger partial charge on any atom is -0.338 e. The molecule has 1 aliphatic heterocycles. The quantitative estimate of drug-likeness (QED) is 0.717. The van der Waals surface area contributed by atoms with Crippen molar-refractivity contribution in [3.63, 3.8) is 0 Å². The molecule has 0 aliphatic carbocycles. The van der Waals surface area contributed by atoms with E-state index in [1.54, 1.807) is 30.5 Å². The molecule has 0 radical (unpaired) electrons. The van der Waals surface area contributed by atoms with Crippen LogP contribution in [0, 0.1) is 6.92 Å². The number of carbonyl (C=O) groups excluding carboxylic acids is 1. The average Bonchev–Trinajstić information content (AvgIpc) is 3.07. The summed E-state index contributed by atoms with van der Waals surface area (Å²) in [6.45, 7) is 3.25. The first kappa shape index (κ1) is 18.4. The maximum atomic E-state index is 12.9. The van der Waals surface area contributed by atoms with E-state index in [9.17, 15) is 13.2 Å². The first-order chi connectivity index (χ1) is 13.4. The minimum atomic E-state index is -3.77. The molecule has 1 aliphatic rings. The van der Waals surface area contributed by atoms with Crippen LogP contribution in [0.4, 0.5) is 5.69 Å². The molecule has 0 saturated carbocycles. The molecule has 2 heterocycles. The Kier molecular flexibility index (Phi) is 4.77. The van der Waals surface area contributed by atoms with Gasteiger partial charge in [-0.2, -0.15) is 0 Å². The van der Waals surface area contributed by atoms with Crippen LogP contribution in [0.15, 0.2) is 59.6 Å². The molecule has 7 heteroatoms. The zero-order chi connectivity index (χ0) is 19.7. The van der Waals surface area contributed by atoms with Gasteiger partial charge in [0.05, 0.1) is 5.52 Å². The number of carbonyl (C=O) groups is 1. The highest BCUT2D eigenvalue weighted by Gasteiger charge is 2.21. The molecule has 1 fully saturated rings. The molecule has 1 saturated heterocycles. The van der Waals surface area contributed by atoms with E-state index in [-0.39, 0.29) is 10.8 Å². The molecular formula is C21H21N3O3S. The average molecular weight is 395 g/mol. The van der Waals surface area contributed by atoms with Crippen molar-refractivity contribution in [2.75, 3.05) is 11.3 Å². The van der Waals surface area contributed by atoms with Crippen molar-refractivity contribution in [3.05, 3.63) is 65.9 Å². The van der Waals surface area contributed by atoms with Crippen LogP contribution in [0.1, 0.15) is 24.0 Å². The summed E-state index contributed by atoms with van der Waals surface area (Å²) in [5.74, 6) is 0.170. The monoisotopic (exact) mass is 395 g/mol. The Morgan fingerprint density at radius 1 is 1.14 bits per heavy atom. The maximum absolute atomic E-state index is 12.9. The fraction of sp³-hybridized carbons (Fsp3) is 0.238. The number of nitrogens with one attached hydrogen (secondary N) is 1. The van der Waals surface area contributed by atoms with Gasteiger partial charge in [0.15, 0.2) is 0 Å². The number of sulfonamides is 1. The number of pyridine rings is 1. The summed E-state index contributed by atoms with van der Waals surface area (Å²) in [6, 6.07) is 14.2. The first-order valence-electron chi connectivity index (χ1n) is 9.17. The number of likely N-dealkylation sites (tertiary alicyclic amines) is 1.